The first-order valence-electron chi connectivity index (χ1n) is 21.1. The van der Waals surface area contributed by atoms with Gasteiger partial charge in [0.05, 0.1) is 27.1 Å². The molecule has 5 aromatic rings. The molecule has 0 saturated carbocycles. The summed E-state index contributed by atoms with van der Waals surface area (Å²) in [7, 11) is -4.59. The summed E-state index contributed by atoms with van der Waals surface area (Å²) in [6.07, 6.45) is 8.53. The molecule has 0 spiro atoms. The SMILES string of the molecule is CCC1(C2=C(c3ccc(Cl)cc3)CC(C)(C)CC2)CNCCN1c1ccc(C(=O)NS(=O)(=O)c2ccc(NCC3CCOCC3)c([N+](=O)[O-])c2)c(Oc2cnc3[nH]ccc3c2)c1. The van der Waals surface area contributed by atoms with Gasteiger partial charge in [-0.3, -0.25) is 14.9 Å². The highest BCUT2D eigenvalue weighted by molar-refractivity contribution is 7.90. The minimum absolute atomic E-state index is 0.0477. The van der Waals surface area contributed by atoms with Gasteiger partial charge in [0.2, 0.25) is 0 Å². The highest BCUT2D eigenvalue weighted by Crippen LogP contribution is 2.50. The number of aromatic amines is 1. The molecule has 4 N–H and O–H groups in total. The fraction of sp³-hybridized carbons (Fsp3) is 0.391. The number of carbonyl (C=O) groups excluding carboxylic acids is 1. The zero-order valence-corrected chi connectivity index (χ0v) is 36.7. The zero-order valence-electron chi connectivity index (χ0n) is 35.1. The molecular formula is C46H52ClN7O7S. The molecule has 0 radical (unpaired) electrons. The highest BCUT2D eigenvalue weighted by Gasteiger charge is 2.45. The van der Waals surface area contributed by atoms with Gasteiger partial charge in [0, 0.05) is 73.8 Å². The summed E-state index contributed by atoms with van der Waals surface area (Å²) in [4.78, 5) is 35.2. The average Bonchev–Trinajstić information content (AvgIpc) is 3.74. The largest absolute Gasteiger partial charge is 0.455 e. The third kappa shape index (κ3) is 9.03. The Morgan fingerprint density at radius 3 is 2.63 bits per heavy atom. The van der Waals surface area contributed by atoms with Crippen LogP contribution in [0.3, 0.4) is 0 Å². The normalized spacial score (nSPS) is 19.6. The summed E-state index contributed by atoms with van der Waals surface area (Å²) < 4.78 is 41.7. The fourth-order valence-corrected chi connectivity index (χ4v) is 10.3. The number of benzene rings is 3. The third-order valence-corrected chi connectivity index (χ3v) is 14.2. The number of carbonyl (C=O) groups is 1. The predicted molar refractivity (Wildman–Crippen MR) is 242 cm³/mol. The maximum absolute atomic E-state index is 14.2. The molecule has 2 fully saturated rings. The molecule has 326 valence electrons. The molecule has 62 heavy (non-hydrogen) atoms. The van der Waals surface area contributed by atoms with Crippen molar-refractivity contribution in [3.8, 4) is 11.5 Å². The third-order valence-electron chi connectivity index (χ3n) is 12.6. The van der Waals surface area contributed by atoms with Gasteiger partial charge in [-0.1, -0.05) is 44.5 Å². The summed E-state index contributed by atoms with van der Waals surface area (Å²) in [5.74, 6) is -0.236. The van der Waals surface area contributed by atoms with Crippen molar-refractivity contribution in [1.82, 2.24) is 20.0 Å². The van der Waals surface area contributed by atoms with Crippen molar-refractivity contribution in [3.05, 3.63) is 117 Å². The molecular weight excluding hydrogens is 830 g/mol. The molecule has 8 rings (SSSR count). The molecule has 3 aliphatic rings. The molecule has 2 aliphatic heterocycles. The zero-order chi connectivity index (χ0) is 43.6. The van der Waals surface area contributed by atoms with Crippen molar-refractivity contribution in [2.75, 3.05) is 49.6 Å². The summed E-state index contributed by atoms with van der Waals surface area (Å²) in [5, 5.41) is 20.4. The Bertz CT molecular complexity index is 2630. The maximum Gasteiger partial charge on any atom is 0.293 e. The van der Waals surface area contributed by atoms with E-state index in [1.807, 2.05) is 24.3 Å². The summed E-state index contributed by atoms with van der Waals surface area (Å²) in [6.45, 7) is 10.6. The van der Waals surface area contributed by atoms with Crippen LogP contribution in [0.1, 0.15) is 75.2 Å². The number of nitro groups is 1. The van der Waals surface area contributed by atoms with Gasteiger partial charge in [0.15, 0.2) is 0 Å². The quantitative estimate of drug-likeness (QED) is 0.0654. The minimum Gasteiger partial charge on any atom is -0.455 e. The molecule has 4 heterocycles. The Hall–Kier alpha value is -5.48. The maximum atomic E-state index is 14.2. The number of allylic oxidation sites excluding steroid dienone is 1. The van der Waals surface area contributed by atoms with Gasteiger partial charge in [0.25, 0.3) is 21.6 Å². The molecule has 1 atom stereocenters. The Morgan fingerprint density at radius 1 is 1.08 bits per heavy atom. The van der Waals surface area contributed by atoms with Crippen LogP contribution in [0.5, 0.6) is 11.5 Å². The van der Waals surface area contributed by atoms with Gasteiger partial charge in [0.1, 0.15) is 22.8 Å². The summed E-state index contributed by atoms with van der Waals surface area (Å²) in [6, 6.07) is 20.5. The standard InChI is InChI=1S/C46H52ClN7O7S/c1-4-46(39-13-17-45(2,3)26-38(39)31-5-7-33(47)8-6-31)29-48-19-20-53(46)34-9-11-37(42(24-34)61-35-23-32-14-18-49-43(32)51-28-35)44(55)52-62(58,59)36-10-12-40(41(25-36)54(56)57)50-27-30-15-21-60-22-16-30/h5-12,14,18,23-25,28,30,48,50H,4,13,15-17,19-22,26-27,29H2,1-3H3,(H,49,51)(H,52,55). The van der Waals surface area contributed by atoms with E-state index in [1.165, 1.54) is 29.5 Å². The van der Waals surface area contributed by atoms with Crippen LogP contribution in [0.2, 0.25) is 5.02 Å². The van der Waals surface area contributed by atoms with Crippen LogP contribution in [0, 0.1) is 21.4 Å². The number of nitrogens with zero attached hydrogens (tertiary/aromatic N) is 3. The lowest BCUT2D eigenvalue weighted by Crippen LogP contribution is -2.63. The first kappa shape index (κ1) is 43.2. The number of amides is 1. The molecule has 2 saturated heterocycles. The van der Waals surface area contributed by atoms with Crippen LogP contribution in [0.4, 0.5) is 17.1 Å². The Labute approximate surface area is 366 Å². The molecule has 16 heteroatoms. The Morgan fingerprint density at radius 2 is 1.87 bits per heavy atom. The lowest BCUT2D eigenvalue weighted by molar-refractivity contribution is -0.384. The molecule has 0 bridgehead atoms. The number of piperazine rings is 1. The number of halogens is 1. The number of ether oxygens (including phenoxy) is 2. The first-order chi connectivity index (χ1) is 29.7. The minimum atomic E-state index is -4.59. The van der Waals surface area contributed by atoms with E-state index in [4.69, 9.17) is 21.1 Å². The Kier molecular flexibility index (Phi) is 12.3. The molecule has 1 unspecified atom stereocenters. The first-order valence-corrected chi connectivity index (χ1v) is 23.0. The van der Waals surface area contributed by atoms with Gasteiger partial charge in [-0.05, 0) is 115 Å². The highest BCUT2D eigenvalue weighted by atomic mass is 35.5. The number of hydrogen-bond acceptors (Lipinski definition) is 11. The van der Waals surface area contributed by atoms with Crippen molar-refractivity contribution in [2.45, 2.75) is 69.7 Å². The van der Waals surface area contributed by atoms with Crippen LogP contribution in [-0.4, -0.2) is 74.1 Å². The van der Waals surface area contributed by atoms with E-state index < -0.39 is 37.0 Å². The average molecular weight is 882 g/mol. The summed E-state index contributed by atoms with van der Waals surface area (Å²) in [5.41, 5.74) is 4.63. The van der Waals surface area contributed by atoms with Crippen LogP contribution >= 0.6 is 11.6 Å². The van der Waals surface area contributed by atoms with Crippen LogP contribution in [-0.2, 0) is 14.8 Å². The number of aromatic nitrogens is 2. The van der Waals surface area contributed by atoms with Crippen molar-refractivity contribution < 1.29 is 27.6 Å². The second-order valence-electron chi connectivity index (χ2n) is 17.2. The van der Waals surface area contributed by atoms with E-state index in [0.717, 1.165) is 67.8 Å². The van der Waals surface area contributed by atoms with E-state index in [2.05, 4.69) is 63.1 Å². The number of nitrogens with one attached hydrogen (secondary N) is 4. The van der Waals surface area contributed by atoms with Gasteiger partial charge >= 0.3 is 0 Å². The molecule has 1 aliphatic carbocycles. The Balaban J connectivity index is 1.15. The number of hydrogen-bond donors (Lipinski definition) is 4. The van der Waals surface area contributed by atoms with Gasteiger partial charge < -0.3 is 30.0 Å². The number of fused-ring (bicyclic) bond motifs is 1. The van der Waals surface area contributed by atoms with Crippen LogP contribution < -0.4 is 25.0 Å². The van der Waals surface area contributed by atoms with E-state index in [9.17, 15) is 23.3 Å². The van der Waals surface area contributed by atoms with Gasteiger partial charge in [-0.25, -0.2) is 18.1 Å². The number of H-pyrrole nitrogens is 1. The van der Waals surface area contributed by atoms with E-state index >= 15 is 0 Å². The second-order valence-corrected chi connectivity index (χ2v) is 19.3. The lowest BCUT2D eigenvalue weighted by atomic mass is 9.66. The monoisotopic (exact) mass is 881 g/mol. The second kappa shape index (κ2) is 17.7. The number of anilines is 2. The van der Waals surface area contributed by atoms with Crippen molar-refractivity contribution in [3.63, 3.8) is 0 Å². The van der Waals surface area contributed by atoms with Crippen LogP contribution in [0.25, 0.3) is 16.6 Å². The van der Waals surface area contributed by atoms with Gasteiger partial charge in [-0.2, -0.15) is 0 Å². The fourth-order valence-electron chi connectivity index (χ4n) is 9.17. The number of nitro benzene ring substituents is 1. The van der Waals surface area contributed by atoms with Gasteiger partial charge in [-0.15, -0.1) is 0 Å². The topological polar surface area (TPSA) is 181 Å². The number of rotatable bonds is 13. The summed E-state index contributed by atoms with van der Waals surface area (Å²) >= 11 is 6.36. The number of sulfonamides is 1. The number of pyridine rings is 1. The van der Waals surface area contributed by atoms with E-state index in [0.29, 0.717) is 49.3 Å². The lowest BCUT2D eigenvalue weighted by Gasteiger charge is -2.53. The predicted octanol–water partition coefficient (Wildman–Crippen LogP) is 9.10. The molecule has 2 aromatic heterocycles. The van der Waals surface area contributed by atoms with E-state index in [-0.39, 0.29) is 28.3 Å². The molecule has 1 amide bonds. The smallest absolute Gasteiger partial charge is 0.293 e. The molecule has 14 nitrogen and oxygen atoms in total. The van der Waals surface area contributed by atoms with Crippen molar-refractivity contribution in [1.29, 1.82) is 0 Å². The van der Waals surface area contributed by atoms with Crippen molar-refractivity contribution in [2.24, 2.45) is 11.3 Å². The van der Waals surface area contributed by atoms with E-state index in [1.54, 1.807) is 24.4 Å². The van der Waals surface area contributed by atoms with Crippen molar-refractivity contribution >= 4 is 61.2 Å². The molecule has 3 aromatic carbocycles. The van der Waals surface area contributed by atoms with Crippen LogP contribution in [0.15, 0.2) is 95.7 Å².